The van der Waals surface area contributed by atoms with Crippen LogP contribution in [-0.4, -0.2) is 49.7 Å². The highest BCUT2D eigenvalue weighted by Crippen LogP contribution is 2.11. The molecule has 1 aromatic carbocycles. The van der Waals surface area contributed by atoms with Crippen molar-refractivity contribution in [3.63, 3.8) is 0 Å². The molecule has 0 bridgehead atoms. The minimum Gasteiger partial charge on any atom is -0.450 e. The topological polar surface area (TPSA) is 66.0 Å². The van der Waals surface area contributed by atoms with Gasteiger partial charge in [0.25, 0.3) is 0 Å². The molecule has 8 heteroatoms. The van der Waals surface area contributed by atoms with Gasteiger partial charge in [-0.15, -0.1) is 24.0 Å². The standard InChI is InChI=1S/C17H25FN4O2.HI/c1-3-24-17(23)22-10-8-14(9-11-22)21-16(19-2)20-12-13-6-4-5-7-15(13)18;/h4-7,14H,3,8-12H2,1-2H3,(H2,19,20,21);1H. The van der Waals surface area contributed by atoms with Gasteiger partial charge in [0.05, 0.1) is 6.61 Å². The number of hydrogen-bond acceptors (Lipinski definition) is 3. The molecule has 1 fully saturated rings. The van der Waals surface area contributed by atoms with Crippen molar-refractivity contribution in [1.29, 1.82) is 0 Å². The lowest BCUT2D eigenvalue weighted by atomic mass is 10.1. The number of benzene rings is 1. The quantitative estimate of drug-likeness (QED) is 0.409. The zero-order valence-corrected chi connectivity index (χ0v) is 17.0. The molecule has 140 valence electrons. The molecule has 0 atom stereocenters. The Morgan fingerprint density at radius 2 is 2.04 bits per heavy atom. The fourth-order valence-corrected chi connectivity index (χ4v) is 2.63. The van der Waals surface area contributed by atoms with Gasteiger partial charge >= 0.3 is 6.09 Å². The Hall–Kier alpha value is -1.58. The summed E-state index contributed by atoms with van der Waals surface area (Å²) in [5, 5.41) is 6.45. The molecule has 6 nitrogen and oxygen atoms in total. The molecular formula is C17H26FIN4O2. The van der Waals surface area contributed by atoms with Crippen molar-refractivity contribution in [2.24, 2.45) is 4.99 Å². The zero-order valence-electron chi connectivity index (χ0n) is 14.6. The number of amides is 1. The van der Waals surface area contributed by atoms with Crippen molar-refractivity contribution in [2.45, 2.75) is 32.4 Å². The molecule has 1 saturated heterocycles. The monoisotopic (exact) mass is 464 g/mol. The van der Waals surface area contributed by atoms with Crippen LogP contribution in [0.4, 0.5) is 9.18 Å². The number of nitrogens with zero attached hydrogens (tertiary/aromatic N) is 2. The van der Waals surface area contributed by atoms with Crippen LogP contribution in [0, 0.1) is 5.82 Å². The van der Waals surface area contributed by atoms with Crippen LogP contribution < -0.4 is 10.6 Å². The molecule has 1 amide bonds. The van der Waals surface area contributed by atoms with Crippen LogP contribution in [-0.2, 0) is 11.3 Å². The second-order valence-electron chi connectivity index (χ2n) is 5.62. The van der Waals surface area contributed by atoms with Gasteiger partial charge in [0.15, 0.2) is 5.96 Å². The van der Waals surface area contributed by atoms with Gasteiger partial charge in [0, 0.05) is 38.3 Å². The summed E-state index contributed by atoms with van der Waals surface area (Å²) in [6.07, 6.45) is 1.39. The number of nitrogens with one attached hydrogen (secondary N) is 2. The van der Waals surface area contributed by atoms with Crippen LogP contribution in [0.25, 0.3) is 0 Å². The van der Waals surface area contributed by atoms with Gasteiger partial charge in [-0.3, -0.25) is 4.99 Å². The number of carbonyl (C=O) groups excluding carboxylic acids is 1. The minimum atomic E-state index is -0.252. The number of ether oxygens (including phenoxy) is 1. The summed E-state index contributed by atoms with van der Waals surface area (Å²) in [7, 11) is 1.68. The summed E-state index contributed by atoms with van der Waals surface area (Å²) >= 11 is 0. The number of hydrogen-bond donors (Lipinski definition) is 2. The third kappa shape index (κ3) is 6.68. The number of likely N-dealkylation sites (tertiary alicyclic amines) is 1. The van der Waals surface area contributed by atoms with Crippen molar-refractivity contribution in [1.82, 2.24) is 15.5 Å². The Bertz CT molecular complexity index is 578. The maximum absolute atomic E-state index is 13.6. The van der Waals surface area contributed by atoms with Crippen LogP contribution in [0.3, 0.4) is 0 Å². The summed E-state index contributed by atoms with van der Waals surface area (Å²) in [6, 6.07) is 6.89. The van der Waals surface area contributed by atoms with Gasteiger partial charge in [-0.25, -0.2) is 9.18 Å². The van der Waals surface area contributed by atoms with E-state index in [-0.39, 0.29) is 41.9 Å². The van der Waals surface area contributed by atoms with Gasteiger partial charge in [-0.2, -0.15) is 0 Å². The largest absolute Gasteiger partial charge is 0.450 e. The van der Waals surface area contributed by atoms with Crippen molar-refractivity contribution in [3.05, 3.63) is 35.6 Å². The number of guanidine groups is 1. The van der Waals surface area contributed by atoms with E-state index in [2.05, 4.69) is 15.6 Å². The van der Waals surface area contributed by atoms with E-state index in [1.165, 1.54) is 6.07 Å². The molecule has 0 aromatic heterocycles. The SMILES string of the molecule is CCOC(=O)N1CCC(NC(=NC)NCc2ccccc2F)CC1.I. The summed E-state index contributed by atoms with van der Waals surface area (Å²) in [4.78, 5) is 17.6. The average molecular weight is 464 g/mol. The number of carbonyl (C=O) groups is 1. The Labute approximate surface area is 165 Å². The highest BCUT2D eigenvalue weighted by Gasteiger charge is 2.24. The van der Waals surface area contributed by atoms with Gasteiger partial charge in [0.1, 0.15) is 5.82 Å². The first kappa shape index (κ1) is 21.5. The molecular weight excluding hydrogens is 438 g/mol. The van der Waals surface area contributed by atoms with Gasteiger partial charge in [0.2, 0.25) is 0 Å². The predicted octanol–water partition coefficient (Wildman–Crippen LogP) is 2.73. The summed E-state index contributed by atoms with van der Waals surface area (Å²) in [5.74, 6) is 0.399. The Morgan fingerprint density at radius 1 is 1.36 bits per heavy atom. The Kier molecular flexibility index (Phi) is 9.54. The van der Waals surface area contributed by atoms with Gasteiger partial charge in [-0.1, -0.05) is 18.2 Å². The lowest BCUT2D eigenvalue weighted by Crippen LogP contribution is -2.49. The molecule has 1 aliphatic heterocycles. The van der Waals surface area contributed by atoms with E-state index < -0.39 is 0 Å². The first-order valence-electron chi connectivity index (χ1n) is 8.26. The highest BCUT2D eigenvalue weighted by molar-refractivity contribution is 14.0. The number of rotatable bonds is 4. The second kappa shape index (κ2) is 11.1. The van der Waals surface area contributed by atoms with E-state index in [4.69, 9.17) is 4.74 Å². The molecule has 2 N–H and O–H groups in total. The maximum Gasteiger partial charge on any atom is 0.409 e. The van der Waals surface area contributed by atoms with E-state index in [1.807, 2.05) is 0 Å². The third-order valence-electron chi connectivity index (χ3n) is 3.99. The summed E-state index contributed by atoms with van der Waals surface area (Å²) in [5.41, 5.74) is 0.595. The van der Waals surface area contributed by atoms with Crippen molar-refractivity contribution < 1.29 is 13.9 Å². The summed E-state index contributed by atoms with van der Waals surface area (Å²) in [6.45, 7) is 3.87. The fraction of sp³-hybridized carbons (Fsp3) is 0.529. The molecule has 1 aliphatic rings. The van der Waals surface area contributed by atoms with Gasteiger partial charge < -0.3 is 20.3 Å². The van der Waals surface area contributed by atoms with Crippen molar-refractivity contribution >= 4 is 36.0 Å². The molecule has 0 radical (unpaired) electrons. The second-order valence-corrected chi connectivity index (χ2v) is 5.62. The summed E-state index contributed by atoms with van der Waals surface area (Å²) < 4.78 is 18.6. The Balaban J connectivity index is 0.00000312. The lowest BCUT2D eigenvalue weighted by molar-refractivity contribution is 0.0963. The minimum absolute atomic E-state index is 0. The molecule has 0 unspecified atom stereocenters. The average Bonchev–Trinajstić information content (AvgIpc) is 2.60. The number of piperidine rings is 1. The van der Waals surface area contributed by atoms with Crippen molar-refractivity contribution in [3.8, 4) is 0 Å². The lowest BCUT2D eigenvalue weighted by Gasteiger charge is -2.32. The first-order chi connectivity index (χ1) is 11.6. The van der Waals surface area contributed by atoms with E-state index in [0.717, 1.165) is 12.8 Å². The third-order valence-corrected chi connectivity index (χ3v) is 3.99. The zero-order chi connectivity index (χ0) is 17.4. The van der Waals surface area contributed by atoms with Crippen LogP contribution in [0.2, 0.25) is 0 Å². The maximum atomic E-state index is 13.6. The van der Waals surface area contributed by atoms with E-state index >= 15 is 0 Å². The highest BCUT2D eigenvalue weighted by atomic mass is 127. The molecule has 2 rings (SSSR count). The van der Waals surface area contributed by atoms with Gasteiger partial charge in [-0.05, 0) is 25.8 Å². The van der Waals surface area contributed by atoms with Crippen LogP contribution >= 0.6 is 24.0 Å². The molecule has 0 spiro atoms. The molecule has 25 heavy (non-hydrogen) atoms. The molecule has 1 aromatic rings. The molecule has 0 aliphatic carbocycles. The predicted molar refractivity (Wildman–Crippen MR) is 107 cm³/mol. The normalized spacial score (nSPS) is 15.3. The molecule has 0 saturated carbocycles. The van der Waals surface area contributed by atoms with Crippen molar-refractivity contribution in [2.75, 3.05) is 26.7 Å². The fourth-order valence-electron chi connectivity index (χ4n) is 2.63. The number of halogens is 2. The van der Waals surface area contributed by atoms with Crippen LogP contribution in [0.1, 0.15) is 25.3 Å². The van der Waals surface area contributed by atoms with Crippen LogP contribution in [0.15, 0.2) is 29.3 Å². The number of aliphatic imine (C=N–C) groups is 1. The smallest absolute Gasteiger partial charge is 0.409 e. The van der Waals surface area contributed by atoms with Crippen LogP contribution in [0.5, 0.6) is 0 Å². The van der Waals surface area contributed by atoms with E-state index in [9.17, 15) is 9.18 Å². The Morgan fingerprint density at radius 3 is 2.64 bits per heavy atom. The van der Waals surface area contributed by atoms with E-state index in [1.54, 1.807) is 37.1 Å². The molecule has 1 heterocycles. The van der Waals surface area contributed by atoms with E-state index in [0.29, 0.717) is 37.8 Å². The first-order valence-corrected chi connectivity index (χ1v) is 8.26.